The zero-order valence-electron chi connectivity index (χ0n) is 11.2. The van der Waals surface area contributed by atoms with Gasteiger partial charge in [-0.3, -0.25) is 4.79 Å². The van der Waals surface area contributed by atoms with Crippen LogP contribution in [0.1, 0.15) is 31.2 Å². The Balaban J connectivity index is 2.18. The highest BCUT2D eigenvalue weighted by molar-refractivity contribution is 14.1. The van der Waals surface area contributed by atoms with Gasteiger partial charge in [0.2, 0.25) is 0 Å². The van der Waals surface area contributed by atoms with Crippen LogP contribution in [0.15, 0.2) is 24.3 Å². The molecular weight excluding hydrogens is 355 g/mol. The number of carbonyl (C=O) groups is 1. The highest BCUT2D eigenvalue weighted by Crippen LogP contribution is 2.39. The van der Waals surface area contributed by atoms with Crippen molar-refractivity contribution in [2.24, 2.45) is 0 Å². The first-order valence-corrected chi connectivity index (χ1v) is 7.65. The first kappa shape index (κ1) is 14.9. The molecule has 0 N–H and O–H groups in total. The molecule has 0 saturated heterocycles. The number of rotatable bonds is 5. The third kappa shape index (κ3) is 3.77. The maximum atomic E-state index is 11.5. The average molecular weight is 374 g/mol. The summed E-state index contributed by atoms with van der Waals surface area (Å²) >= 11 is 2.30. The van der Waals surface area contributed by atoms with Gasteiger partial charge in [-0.1, -0.05) is 12.1 Å². The fourth-order valence-electron chi connectivity index (χ4n) is 2.52. The fraction of sp³-hybridized carbons (Fsp3) is 0.533. The number of ether oxygens (including phenoxy) is 2. The van der Waals surface area contributed by atoms with Gasteiger partial charge in [-0.25, -0.2) is 0 Å². The molecule has 1 aromatic rings. The van der Waals surface area contributed by atoms with Crippen molar-refractivity contribution in [3.8, 4) is 0 Å². The van der Waals surface area contributed by atoms with Gasteiger partial charge in [0.1, 0.15) is 5.78 Å². The Morgan fingerprint density at radius 3 is 2.37 bits per heavy atom. The van der Waals surface area contributed by atoms with Gasteiger partial charge in [-0.2, -0.15) is 0 Å². The fourth-order valence-corrected chi connectivity index (χ4v) is 2.88. The molecule has 1 aliphatic carbocycles. The SMILES string of the molecule is COCCOC1(c2ccc(I)cc2)CCC(=O)CC1. The van der Waals surface area contributed by atoms with Crippen LogP contribution in [0.4, 0.5) is 0 Å². The monoisotopic (exact) mass is 374 g/mol. The van der Waals surface area contributed by atoms with Gasteiger partial charge in [0, 0.05) is 23.5 Å². The van der Waals surface area contributed by atoms with Crippen LogP contribution in [0.25, 0.3) is 0 Å². The lowest BCUT2D eigenvalue weighted by Crippen LogP contribution is -2.35. The standard InChI is InChI=1S/C15H19IO3/c1-18-10-11-19-15(8-6-14(17)7-9-15)12-2-4-13(16)5-3-12/h2-5H,6-11H2,1H3. The van der Waals surface area contributed by atoms with Gasteiger partial charge in [0.15, 0.2) is 0 Å². The van der Waals surface area contributed by atoms with Crippen molar-refractivity contribution in [1.29, 1.82) is 0 Å². The van der Waals surface area contributed by atoms with E-state index in [0.29, 0.717) is 31.8 Å². The smallest absolute Gasteiger partial charge is 0.133 e. The second-order valence-corrected chi connectivity index (χ2v) is 6.13. The summed E-state index contributed by atoms with van der Waals surface area (Å²) in [4.78, 5) is 11.5. The predicted octanol–water partition coefficient (Wildman–Crippen LogP) is 3.29. The molecule has 0 atom stereocenters. The van der Waals surface area contributed by atoms with Gasteiger partial charge < -0.3 is 9.47 Å². The predicted molar refractivity (Wildman–Crippen MR) is 82.1 cm³/mol. The Morgan fingerprint density at radius 1 is 1.16 bits per heavy atom. The van der Waals surface area contributed by atoms with E-state index in [4.69, 9.17) is 9.47 Å². The molecular formula is C15H19IO3. The molecule has 1 aliphatic rings. The molecule has 1 saturated carbocycles. The highest BCUT2D eigenvalue weighted by atomic mass is 127. The van der Waals surface area contributed by atoms with E-state index >= 15 is 0 Å². The van der Waals surface area contributed by atoms with Crippen LogP contribution < -0.4 is 0 Å². The summed E-state index contributed by atoms with van der Waals surface area (Å²) in [5.41, 5.74) is 0.869. The summed E-state index contributed by atoms with van der Waals surface area (Å²) in [7, 11) is 1.67. The first-order valence-electron chi connectivity index (χ1n) is 6.57. The van der Waals surface area contributed by atoms with E-state index in [1.807, 2.05) is 0 Å². The van der Waals surface area contributed by atoms with Gasteiger partial charge in [0.25, 0.3) is 0 Å². The molecule has 0 aromatic heterocycles. The minimum absolute atomic E-state index is 0.309. The normalized spacial score (nSPS) is 18.5. The molecule has 0 unspecified atom stereocenters. The van der Waals surface area contributed by atoms with E-state index in [0.717, 1.165) is 12.8 Å². The Morgan fingerprint density at radius 2 is 1.79 bits per heavy atom. The van der Waals surface area contributed by atoms with Crippen molar-refractivity contribution in [3.63, 3.8) is 0 Å². The van der Waals surface area contributed by atoms with E-state index in [1.54, 1.807) is 7.11 Å². The van der Waals surface area contributed by atoms with E-state index in [1.165, 1.54) is 9.13 Å². The van der Waals surface area contributed by atoms with Crippen molar-refractivity contribution in [2.75, 3.05) is 20.3 Å². The third-order valence-electron chi connectivity index (χ3n) is 3.65. The molecule has 4 heteroatoms. The maximum Gasteiger partial charge on any atom is 0.133 e. The Labute approximate surface area is 127 Å². The van der Waals surface area contributed by atoms with Gasteiger partial charge >= 0.3 is 0 Å². The molecule has 0 spiro atoms. The van der Waals surface area contributed by atoms with Crippen molar-refractivity contribution in [3.05, 3.63) is 33.4 Å². The maximum absolute atomic E-state index is 11.5. The molecule has 0 aliphatic heterocycles. The number of methoxy groups -OCH3 is 1. The lowest BCUT2D eigenvalue weighted by atomic mass is 9.79. The second kappa shape index (κ2) is 6.81. The highest BCUT2D eigenvalue weighted by Gasteiger charge is 2.37. The van der Waals surface area contributed by atoms with Gasteiger partial charge in [-0.15, -0.1) is 0 Å². The lowest BCUT2D eigenvalue weighted by molar-refractivity contribution is -0.132. The Kier molecular flexibility index (Phi) is 5.36. The van der Waals surface area contributed by atoms with E-state index in [-0.39, 0.29) is 5.60 Å². The van der Waals surface area contributed by atoms with Crippen LogP contribution in [0.3, 0.4) is 0 Å². The van der Waals surface area contributed by atoms with Crippen LogP contribution in [0.5, 0.6) is 0 Å². The quantitative estimate of drug-likeness (QED) is 0.586. The largest absolute Gasteiger partial charge is 0.382 e. The van der Waals surface area contributed by atoms with Gasteiger partial charge in [-0.05, 0) is 53.1 Å². The number of carbonyl (C=O) groups excluding carboxylic acids is 1. The van der Waals surface area contributed by atoms with Crippen LogP contribution in [0.2, 0.25) is 0 Å². The summed E-state index contributed by atoms with van der Waals surface area (Å²) in [6.07, 6.45) is 2.77. The number of ketones is 1. The number of hydrogen-bond donors (Lipinski definition) is 0. The minimum Gasteiger partial charge on any atom is -0.382 e. The minimum atomic E-state index is -0.309. The van der Waals surface area contributed by atoms with E-state index in [2.05, 4.69) is 46.9 Å². The van der Waals surface area contributed by atoms with E-state index < -0.39 is 0 Å². The molecule has 0 radical (unpaired) electrons. The van der Waals surface area contributed by atoms with Gasteiger partial charge in [0.05, 0.1) is 18.8 Å². The zero-order chi connectivity index (χ0) is 13.7. The first-order chi connectivity index (χ1) is 9.16. The van der Waals surface area contributed by atoms with Crippen molar-refractivity contribution >= 4 is 28.4 Å². The van der Waals surface area contributed by atoms with Crippen LogP contribution in [-0.4, -0.2) is 26.1 Å². The number of halogens is 1. The molecule has 19 heavy (non-hydrogen) atoms. The van der Waals surface area contributed by atoms with Crippen molar-refractivity contribution < 1.29 is 14.3 Å². The molecule has 0 amide bonds. The number of Topliss-reactive ketones (excluding diaryl/α,β-unsaturated/α-hetero) is 1. The second-order valence-electron chi connectivity index (χ2n) is 4.88. The topological polar surface area (TPSA) is 35.5 Å². The number of benzene rings is 1. The summed E-state index contributed by atoms with van der Waals surface area (Å²) in [6, 6.07) is 8.41. The molecule has 0 heterocycles. The lowest BCUT2D eigenvalue weighted by Gasteiger charge is -2.37. The van der Waals surface area contributed by atoms with Crippen LogP contribution in [-0.2, 0) is 19.9 Å². The van der Waals surface area contributed by atoms with Crippen molar-refractivity contribution in [2.45, 2.75) is 31.3 Å². The van der Waals surface area contributed by atoms with Crippen LogP contribution in [0, 0.1) is 3.57 Å². The molecule has 0 bridgehead atoms. The van der Waals surface area contributed by atoms with Crippen molar-refractivity contribution in [1.82, 2.24) is 0 Å². The summed E-state index contributed by atoms with van der Waals surface area (Å²) in [5.74, 6) is 0.344. The number of hydrogen-bond acceptors (Lipinski definition) is 3. The molecule has 2 rings (SSSR count). The molecule has 1 aromatic carbocycles. The summed E-state index contributed by atoms with van der Waals surface area (Å²) in [6.45, 7) is 1.15. The summed E-state index contributed by atoms with van der Waals surface area (Å²) < 4.78 is 12.4. The van der Waals surface area contributed by atoms with E-state index in [9.17, 15) is 4.79 Å². The summed E-state index contributed by atoms with van der Waals surface area (Å²) in [5, 5.41) is 0. The Bertz CT molecular complexity index is 418. The third-order valence-corrected chi connectivity index (χ3v) is 4.37. The average Bonchev–Trinajstić information content (AvgIpc) is 2.42. The zero-order valence-corrected chi connectivity index (χ0v) is 13.3. The Hall–Kier alpha value is -0.460. The molecule has 3 nitrogen and oxygen atoms in total. The molecule has 1 fully saturated rings. The molecule has 104 valence electrons. The van der Waals surface area contributed by atoms with Crippen LogP contribution >= 0.6 is 22.6 Å².